The van der Waals surface area contributed by atoms with Gasteiger partial charge in [0.25, 0.3) is 0 Å². The van der Waals surface area contributed by atoms with Crippen LogP contribution in [0.5, 0.6) is 0 Å². The summed E-state index contributed by atoms with van der Waals surface area (Å²) in [5.41, 5.74) is 3.97. The van der Waals surface area contributed by atoms with Crippen LogP contribution in [0.1, 0.15) is 5.56 Å². The molecule has 0 amide bonds. The number of hydrogen-bond donors (Lipinski definition) is 3. The highest BCUT2D eigenvalue weighted by atomic mass is 32.2. The van der Waals surface area contributed by atoms with E-state index in [1.807, 2.05) is 4.72 Å². The standard InChI is InChI=1S/C9H10F3N3O3S/c10-9(11,12)6-2-1-3-7(4-6)19(17,18)14-5-8(13)15-16/h1-4,14,16H,5H2,(H2,13,15). The Balaban J connectivity index is 3.03. The lowest BCUT2D eigenvalue weighted by atomic mass is 10.2. The van der Waals surface area contributed by atoms with Crippen LogP contribution in [0.3, 0.4) is 0 Å². The van der Waals surface area contributed by atoms with Crippen molar-refractivity contribution < 1.29 is 26.8 Å². The van der Waals surface area contributed by atoms with Crippen LogP contribution in [0.2, 0.25) is 0 Å². The van der Waals surface area contributed by atoms with Gasteiger partial charge in [-0.2, -0.15) is 13.2 Å². The fraction of sp³-hybridized carbons (Fsp3) is 0.222. The van der Waals surface area contributed by atoms with E-state index in [1.165, 1.54) is 0 Å². The van der Waals surface area contributed by atoms with E-state index in [0.29, 0.717) is 6.07 Å². The Morgan fingerprint density at radius 1 is 1.42 bits per heavy atom. The first kappa shape index (κ1) is 15.2. The molecule has 6 nitrogen and oxygen atoms in total. The zero-order valence-corrected chi connectivity index (χ0v) is 10.2. The molecule has 1 rings (SSSR count). The summed E-state index contributed by atoms with van der Waals surface area (Å²) >= 11 is 0. The highest BCUT2D eigenvalue weighted by Gasteiger charge is 2.31. The number of hydrogen-bond acceptors (Lipinski definition) is 4. The Bertz CT molecular complexity index is 584. The molecule has 0 heterocycles. The maximum absolute atomic E-state index is 12.4. The van der Waals surface area contributed by atoms with Gasteiger partial charge < -0.3 is 10.9 Å². The number of amidine groups is 1. The van der Waals surface area contributed by atoms with Crippen LogP contribution in [-0.2, 0) is 16.2 Å². The largest absolute Gasteiger partial charge is 0.416 e. The summed E-state index contributed by atoms with van der Waals surface area (Å²) < 4.78 is 62.5. The fourth-order valence-corrected chi connectivity index (χ4v) is 2.17. The molecule has 19 heavy (non-hydrogen) atoms. The van der Waals surface area contributed by atoms with E-state index in [2.05, 4.69) is 5.16 Å². The number of oxime groups is 1. The summed E-state index contributed by atoms with van der Waals surface area (Å²) in [6.07, 6.45) is -4.64. The lowest BCUT2D eigenvalue weighted by Gasteiger charge is -2.09. The van der Waals surface area contributed by atoms with Gasteiger partial charge in [-0.25, -0.2) is 13.1 Å². The van der Waals surface area contributed by atoms with Crippen LogP contribution in [0.25, 0.3) is 0 Å². The molecule has 1 aromatic rings. The topological polar surface area (TPSA) is 105 Å². The molecule has 0 unspecified atom stereocenters. The summed E-state index contributed by atoms with van der Waals surface area (Å²) in [6.45, 7) is -0.519. The van der Waals surface area contributed by atoms with Crippen molar-refractivity contribution in [2.24, 2.45) is 10.9 Å². The van der Waals surface area contributed by atoms with Crippen LogP contribution >= 0.6 is 0 Å². The molecule has 0 spiro atoms. The van der Waals surface area contributed by atoms with E-state index < -0.39 is 39.0 Å². The monoisotopic (exact) mass is 297 g/mol. The van der Waals surface area contributed by atoms with Crippen molar-refractivity contribution in [3.8, 4) is 0 Å². The van der Waals surface area contributed by atoms with Crippen LogP contribution in [0.4, 0.5) is 13.2 Å². The fourth-order valence-electron chi connectivity index (χ4n) is 1.13. The number of halogens is 3. The molecule has 0 radical (unpaired) electrons. The van der Waals surface area contributed by atoms with Crippen molar-refractivity contribution in [1.82, 2.24) is 4.72 Å². The Labute approximate surface area is 106 Å². The van der Waals surface area contributed by atoms with Gasteiger partial charge in [0.2, 0.25) is 10.0 Å². The van der Waals surface area contributed by atoms with Crippen LogP contribution in [0, 0.1) is 0 Å². The molecule has 0 fully saturated rings. The second kappa shape index (κ2) is 5.45. The Morgan fingerprint density at radius 3 is 2.58 bits per heavy atom. The first-order chi connectivity index (χ1) is 8.66. The zero-order chi connectivity index (χ0) is 14.7. The van der Waals surface area contributed by atoms with Gasteiger partial charge in [0.1, 0.15) is 0 Å². The summed E-state index contributed by atoms with van der Waals surface area (Å²) in [7, 11) is -4.17. The van der Waals surface area contributed by atoms with Gasteiger partial charge in [-0.15, -0.1) is 0 Å². The third-order valence-electron chi connectivity index (χ3n) is 2.04. The van der Waals surface area contributed by atoms with Gasteiger partial charge in [-0.05, 0) is 18.2 Å². The number of nitrogens with two attached hydrogens (primary N) is 1. The van der Waals surface area contributed by atoms with Gasteiger partial charge in [-0.3, -0.25) is 0 Å². The average molecular weight is 297 g/mol. The minimum Gasteiger partial charge on any atom is -0.409 e. The first-order valence-corrected chi connectivity index (χ1v) is 6.28. The second-order valence-corrected chi connectivity index (χ2v) is 5.21. The summed E-state index contributed by atoms with van der Waals surface area (Å²) in [5.74, 6) is -0.421. The van der Waals surface area contributed by atoms with E-state index in [-0.39, 0.29) is 0 Å². The molecule has 0 saturated heterocycles. The van der Waals surface area contributed by atoms with Gasteiger partial charge in [0.15, 0.2) is 5.84 Å². The number of alkyl halides is 3. The van der Waals surface area contributed by atoms with Crippen molar-refractivity contribution in [2.75, 3.05) is 6.54 Å². The molecule has 0 saturated carbocycles. The summed E-state index contributed by atoms with van der Waals surface area (Å²) in [6, 6.07) is 3.22. The average Bonchev–Trinajstić information content (AvgIpc) is 2.35. The molecular weight excluding hydrogens is 287 g/mol. The van der Waals surface area contributed by atoms with E-state index in [9.17, 15) is 21.6 Å². The predicted molar refractivity (Wildman–Crippen MR) is 60.0 cm³/mol. The van der Waals surface area contributed by atoms with Gasteiger partial charge in [0.05, 0.1) is 17.0 Å². The van der Waals surface area contributed by atoms with E-state index >= 15 is 0 Å². The normalized spacial score (nSPS) is 13.5. The van der Waals surface area contributed by atoms with Gasteiger partial charge in [-0.1, -0.05) is 11.2 Å². The SMILES string of the molecule is N/C(CNS(=O)(=O)c1cccc(C(F)(F)F)c1)=N\O. The van der Waals surface area contributed by atoms with Gasteiger partial charge in [0, 0.05) is 0 Å². The summed E-state index contributed by atoms with van der Waals surface area (Å²) in [4.78, 5) is -0.562. The third-order valence-corrected chi connectivity index (χ3v) is 3.44. The van der Waals surface area contributed by atoms with E-state index in [1.54, 1.807) is 0 Å². The second-order valence-electron chi connectivity index (χ2n) is 3.44. The zero-order valence-electron chi connectivity index (χ0n) is 9.35. The molecule has 0 atom stereocenters. The van der Waals surface area contributed by atoms with Crippen molar-refractivity contribution >= 4 is 15.9 Å². The maximum atomic E-state index is 12.4. The molecule has 0 aromatic heterocycles. The smallest absolute Gasteiger partial charge is 0.409 e. The molecule has 1 aromatic carbocycles. The van der Waals surface area contributed by atoms with E-state index in [4.69, 9.17) is 10.9 Å². The molecular formula is C9H10F3N3O3S. The quantitative estimate of drug-likeness (QED) is 0.330. The lowest BCUT2D eigenvalue weighted by molar-refractivity contribution is -0.137. The van der Waals surface area contributed by atoms with Gasteiger partial charge >= 0.3 is 6.18 Å². The molecule has 0 aliphatic carbocycles. The molecule has 4 N–H and O–H groups in total. The van der Waals surface area contributed by atoms with Crippen LogP contribution in [-0.4, -0.2) is 26.0 Å². The number of benzene rings is 1. The minimum atomic E-state index is -4.64. The number of nitrogens with one attached hydrogen (secondary N) is 1. The molecule has 0 aliphatic rings. The first-order valence-electron chi connectivity index (χ1n) is 4.80. The van der Waals surface area contributed by atoms with Crippen molar-refractivity contribution in [3.05, 3.63) is 29.8 Å². The van der Waals surface area contributed by atoms with Crippen molar-refractivity contribution in [3.63, 3.8) is 0 Å². The Hall–Kier alpha value is -1.81. The minimum absolute atomic E-state index is 0.421. The highest BCUT2D eigenvalue weighted by molar-refractivity contribution is 7.89. The third kappa shape index (κ3) is 4.10. The molecule has 0 aliphatic heterocycles. The van der Waals surface area contributed by atoms with Crippen molar-refractivity contribution in [1.29, 1.82) is 0 Å². The summed E-state index contributed by atoms with van der Waals surface area (Å²) in [5, 5.41) is 10.8. The number of rotatable bonds is 4. The van der Waals surface area contributed by atoms with Crippen molar-refractivity contribution in [2.45, 2.75) is 11.1 Å². The molecule has 0 bridgehead atoms. The maximum Gasteiger partial charge on any atom is 0.416 e. The lowest BCUT2D eigenvalue weighted by Crippen LogP contribution is -2.33. The molecule has 10 heteroatoms. The Kier molecular flexibility index (Phi) is 4.37. The van der Waals surface area contributed by atoms with Crippen LogP contribution in [0.15, 0.2) is 34.3 Å². The Morgan fingerprint density at radius 2 is 2.05 bits per heavy atom. The predicted octanol–water partition coefficient (Wildman–Crippen LogP) is 0.730. The van der Waals surface area contributed by atoms with Crippen LogP contribution < -0.4 is 10.5 Å². The molecule has 106 valence electrons. The van der Waals surface area contributed by atoms with E-state index in [0.717, 1.165) is 18.2 Å². The number of sulfonamides is 1. The number of nitrogens with zero attached hydrogens (tertiary/aromatic N) is 1. The highest BCUT2D eigenvalue weighted by Crippen LogP contribution is 2.30.